The van der Waals surface area contributed by atoms with E-state index in [1.54, 1.807) is 0 Å². The van der Waals surface area contributed by atoms with Gasteiger partial charge in [-0.2, -0.15) is 4.79 Å². The van der Waals surface area contributed by atoms with E-state index in [9.17, 15) is 14.4 Å². The molecule has 0 aliphatic heterocycles. The number of halogens is 2. The van der Waals surface area contributed by atoms with Gasteiger partial charge in [-0.1, -0.05) is 23.2 Å². The maximum Gasteiger partial charge on any atom is 0.328 e. The zero-order valence-corrected chi connectivity index (χ0v) is 10.2. The van der Waals surface area contributed by atoms with Crippen molar-refractivity contribution in [3.05, 3.63) is 5.53 Å². The van der Waals surface area contributed by atoms with Gasteiger partial charge in [-0.25, -0.2) is 4.79 Å². The normalized spacial score (nSPS) is 11.3. The van der Waals surface area contributed by atoms with Gasteiger partial charge < -0.3 is 15.6 Å². The van der Waals surface area contributed by atoms with E-state index in [2.05, 4.69) is 14.8 Å². The quantitative estimate of drug-likeness (QED) is 0.237. The van der Waals surface area contributed by atoms with E-state index in [4.69, 9.17) is 28.7 Å². The lowest BCUT2D eigenvalue weighted by atomic mass is 10.1. The van der Waals surface area contributed by atoms with Gasteiger partial charge >= 0.3 is 12.2 Å². The first-order valence-corrected chi connectivity index (χ1v) is 5.16. The van der Waals surface area contributed by atoms with Crippen molar-refractivity contribution in [1.29, 1.82) is 0 Å². The Balaban J connectivity index is 4.65. The van der Waals surface area contributed by atoms with Crippen LogP contribution >= 0.6 is 23.2 Å². The Morgan fingerprint density at radius 3 is 2.47 bits per heavy atom. The molecule has 0 spiro atoms. The second-order valence-corrected chi connectivity index (χ2v) is 3.90. The van der Waals surface area contributed by atoms with E-state index in [1.807, 2.05) is 0 Å². The number of hydrogen-bond acceptors (Lipinski definition) is 4. The molecule has 1 atom stereocenters. The summed E-state index contributed by atoms with van der Waals surface area (Å²) in [5.74, 6) is -2.35. The van der Waals surface area contributed by atoms with Gasteiger partial charge in [0.05, 0.1) is 7.11 Å². The predicted molar refractivity (Wildman–Crippen MR) is 58.7 cm³/mol. The van der Waals surface area contributed by atoms with Gasteiger partial charge in [0.15, 0.2) is 4.84 Å². The molecule has 9 heteroatoms. The Hall–Kier alpha value is -1.43. The highest BCUT2D eigenvalue weighted by molar-refractivity contribution is 6.53. The van der Waals surface area contributed by atoms with Crippen molar-refractivity contribution in [1.82, 2.24) is 5.32 Å². The average Bonchev–Trinajstić information content (AvgIpc) is 2.27. The molecule has 0 bridgehead atoms. The number of ketones is 1. The summed E-state index contributed by atoms with van der Waals surface area (Å²) in [4.78, 5) is 34.6. The third kappa shape index (κ3) is 6.01. The maximum absolute atomic E-state index is 11.2. The number of ether oxygens (including phenoxy) is 1. The van der Waals surface area contributed by atoms with Crippen LogP contribution in [0.15, 0.2) is 0 Å². The monoisotopic (exact) mass is 281 g/mol. The van der Waals surface area contributed by atoms with Crippen LogP contribution < -0.4 is 5.32 Å². The second kappa shape index (κ2) is 7.78. The van der Waals surface area contributed by atoms with Gasteiger partial charge in [0.25, 0.3) is 5.91 Å². The van der Waals surface area contributed by atoms with Crippen LogP contribution in [-0.2, 0) is 19.1 Å². The molecule has 0 aliphatic rings. The number of amides is 1. The Kier molecular flexibility index (Phi) is 7.13. The fourth-order valence-electron chi connectivity index (χ4n) is 0.889. The molecule has 17 heavy (non-hydrogen) atoms. The molecular formula is C8H9Cl2N3O4. The minimum atomic E-state index is -1.37. The summed E-state index contributed by atoms with van der Waals surface area (Å²) < 4.78 is 4.37. The largest absolute Gasteiger partial charge is 0.467 e. The minimum absolute atomic E-state index is 0.428. The lowest BCUT2D eigenvalue weighted by Gasteiger charge is -2.14. The van der Waals surface area contributed by atoms with Crippen LogP contribution in [0, 0.1) is 0 Å². The van der Waals surface area contributed by atoms with Crippen molar-refractivity contribution in [2.75, 3.05) is 7.11 Å². The van der Waals surface area contributed by atoms with Crippen molar-refractivity contribution >= 4 is 47.1 Å². The fourth-order valence-corrected chi connectivity index (χ4v) is 1.01. The Bertz CT molecular complexity index is 366. The molecule has 0 heterocycles. The standard InChI is InChI=1S/C8H9Cl2N3O4/c1-17-8(16)5(2-4(14)3-12-11)13-7(15)6(9)10/h3,5-6H,2H2,1H3,(H,13,15)/t5-/m0/s1. The van der Waals surface area contributed by atoms with E-state index in [1.165, 1.54) is 0 Å². The summed E-state index contributed by atoms with van der Waals surface area (Å²) in [6.45, 7) is 0. The number of rotatable bonds is 6. The summed E-state index contributed by atoms with van der Waals surface area (Å²) in [7, 11) is 1.09. The van der Waals surface area contributed by atoms with E-state index in [0.717, 1.165) is 7.11 Å². The number of nitrogens with zero attached hydrogens (tertiary/aromatic N) is 2. The van der Waals surface area contributed by atoms with Gasteiger partial charge in [0.1, 0.15) is 6.04 Å². The Labute approximate surface area is 107 Å². The summed E-state index contributed by atoms with van der Waals surface area (Å²) >= 11 is 10.5. The third-order valence-corrected chi connectivity index (χ3v) is 2.00. The van der Waals surface area contributed by atoms with Crippen molar-refractivity contribution in [3.8, 4) is 0 Å². The molecule has 0 radical (unpaired) electrons. The molecule has 0 rings (SSSR count). The van der Waals surface area contributed by atoms with Gasteiger partial charge in [-0.05, 0) is 0 Å². The Morgan fingerprint density at radius 1 is 1.47 bits per heavy atom. The fraction of sp³-hybridized carbons (Fsp3) is 0.500. The summed E-state index contributed by atoms with van der Waals surface area (Å²) in [5, 5.41) is 2.11. The van der Waals surface area contributed by atoms with Crippen LogP contribution in [0.2, 0.25) is 0 Å². The number of nitrogens with one attached hydrogen (secondary N) is 1. The number of carbonyl (C=O) groups excluding carboxylic acids is 3. The molecule has 94 valence electrons. The molecule has 1 amide bonds. The van der Waals surface area contributed by atoms with Crippen LogP contribution in [0.4, 0.5) is 0 Å². The van der Waals surface area contributed by atoms with Crippen LogP contribution in [0.3, 0.4) is 0 Å². The highest BCUT2D eigenvalue weighted by Crippen LogP contribution is 2.03. The zero-order chi connectivity index (χ0) is 13.4. The Morgan fingerprint density at radius 2 is 2.06 bits per heavy atom. The molecule has 0 aromatic heterocycles. The maximum atomic E-state index is 11.2. The number of Topliss-reactive ketones (excluding diaryl/α,β-unsaturated/α-hetero) is 1. The number of methoxy groups -OCH3 is 1. The van der Waals surface area contributed by atoms with Gasteiger partial charge in [0, 0.05) is 6.42 Å². The minimum Gasteiger partial charge on any atom is -0.467 e. The van der Waals surface area contributed by atoms with Gasteiger partial charge in [-0.3, -0.25) is 9.59 Å². The highest BCUT2D eigenvalue weighted by atomic mass is 35.5. The summed E-state index contributed by atoms with van der Waals surface area (Å²) in [5.41, 5.74) is 8.12. The highest BCUT2D eigenvalue weighted by Gasteiger charge is 2.27. The van der Waals surface area contributed by atoms with Crippen LogP contribution in [0.5, 0.6) is 0 Å². The van der Waals surface area contributed by atoms with Crippen molar-refractivity contribution in [2.24, 2.45) is 0 Å². The van der Waals surface area contributed by atoms with Crippen LogP contribution in [0.1, 0.15) is 6.42 Å². The smallest absolute Gasteiger partial charge is 0.328 e. The molecule has 0 aromatic carbocycles. The number of alkyl halides is 2. The van der Waals surface area contributed by atoms with Crippen molar-refractivity contribution in [2.45, 2.75) is 17.3 Å². The molecule has 0 unspecified atom stereocenters. The van der Waals surface area contributed by atoms with E-state index in [0.29, 0.717) is 6.21 Å². The first-order chi connectivity index (χ1) is 7.92. The average molecular weight is 282 g/mol. The SMILES string of the molecule is COC(=O)[C@H](CC(=O)C=[N+]=[N-])NC(=O)C(Cl)Cl. The molecule has 1 N–H and O–H groups in total. The second-order valence-electron chi connectivity index (χ2n) is 2.80. The van der Waals surface area contributed by atoms with Crippen molar-refractivity contribution < 1.29 is 23.9 Å². The first kappa shape index (κ1) is 15.6. The lowest BCUT2D eigenvalue weighted by molar-refractivity contribution is -0.146. The number of hydrogen-bond donors (Lipinski definition) is 1. The van der Waals surface area contributed by atoms with Gasteiger partial charge in [0.2, 0.25) is 5.78 Å². The first-order valence-electron chi connectivity index (χ1n) is 4.29. The summed E-state index contributed by atoms with van der Waals surface area (Å²) in [6.07, 6.45) is 0.171. The van der Waals surface area contributed by atoms with E-state index < -0.39 is 35.0 Å². The van der Waals surface area contributed by atoms with E-state index >= 15 is 0 Å². The molecule has 0 aliphatic carbocycles. The third-order valence-electron chi connectivity index (χ3n) is 1.61. The molecule has 0 saturated carbocycles. The predicted octanol–water partition coefficient (Wildman–Crippen LogP) is -0.292. The molecule has 7 nitrogen and oxygen atoms in total. The van der Waals surface area contributed by atoms with Crippen molar-refractivity contribution in [3.63, 3.8) is 0 Å². The number of carbonyl (C=O) groups is 3. The molecule has 0 fully saturated rings. The molecule has 0 saturated heterocycles. The topological polar surface area (TPSA) is 109 Å². The summed E-state index contributed by atoms with van der Waals surface area (Å²) in [6, 6.07) is -1.24. The van der Waals surface area contributed by atoms with E-state index in [-0.39, 0.29) is 0 Å². The zero-order valence-electron chi connectivity index (χ0n) is 8.72. The molecular weight excluding hydrogens is 273 g/mol. The number of esters is 1. The van der Waals surface area contributed by atoms with Crippen LogP contribution in [-0.4, -0.2) is 46.7 Å². The van der Waals surface area contributed by atoms with Crippen LogP contribution in [0.25, 0.3) is 5.53 Å². The molecule has 0 aromatic rings. The van der Waals surface area contributed by atoms with Gasteiger partial charge in [-0.15, -0.1) is 0 Å². The lowest BCUT2D eigenvalue weighted by Crippen LogP contribution is -2.45.